The molecule has 0 spiro atoms. The first-order valence-corrected chi connectivity index (χ1v) is 11.1. The molecule has 0 bridgehead atoms. The Bertz CT molecular complexity index is 1060. The SMILES string of the molecule is Cc1ccc(C)c(NC(=O)COC(=O)c2ccc3c(c2)CCCN3S(C)(=O)=O)c1. The van der Waals surface area contributed by atoms with Crippen LogP contribution >= 0.6 is 0 Å². The Morgan fingerprint density at radius 1 is 1.14 bits per heavy atom. The van der Waals surface area contributed by atoms with Crippen molar-refractivity contribution in [3.8, 4) is 0 Å². The van der Waals surface area contributed by atoms with Gasteiger partial charge < -0.3 is 10.1 Å². The van der Waals surface area contributed by atoms with Crippen molar-refractivity contribution < 1.29 is 22.7 Å². The highest BCUT2D eigenvalue weighted by atomic mass is 32.2. The molecule has 0 aliphatic carbocycles. The number of carbonyl (C=O) groups is 2. The van der Waals surface area contributed by atoms with E-state index in [0.29, 0.717) is 36.3 Å². The fourth-order valence-electron chi connectivity index (χ4n) is 3.31. The number of esters is 1. The van der Waals surface area contributed by atoms with Gasteiger partial charge in [-0.25, -0.2) is 13.2 Å². The number of carbonyl (C=O) groups excluding carboxylic acids is 2. The lowest BCUT2D eigenvalue weighted by Gasteiger charge is -2.29. The van der Waals surface area contributed by atoms with Gasteiger partial charge in [-0.1, -0.05) is 12.1 Å². The number of benzene rings is 2. The highest BCUT2D eigenvalue weighted by molar-refractivity contribution is 7.92. The van der Waals surface area contributed by atoms with Crippen LogP contribution in [0.5, 0.6) is 0 Å². The minimum Gasteiger partial charge on any atom is -0.452 e. The van der Waals surface area contributed by atoms with Crippen LogP contribution < -0.4 is 9.62 Å². The summed E-state index contributed by atoms with van der Waals surface area (Å²) in [7, 11) is -3.37. The highest BCUT2D eigenvalue weighted by Crippen LogP contribution is 2.30. The normalized spacial score (nSPS) is 13.6. The second kappa shape index (κ2) is 8.24. The number of hydrogen-bond acceptors (Lipinski definition) is 5. The molecule has 2 aromatic rings. The second-order valence-corrected chi connectivity index (χ2v) is 9.13. The molecule has 1 aliphatic heterocycles. The van der Waals surface area contributed by atoms with Crippen LogP contribution in [0.1, 0.15) is 33.5 Å². The number of aryl methyl sites for hydroxylation is 3. The van der Waals surface area contributed by atoms with E-state index in [9.17, 15) is 18.0 Å². The molecule has 3 rings (SSSR count). The number of nitrogens with one attached hydrogen (secondary N) is 1. The quantitative estimate of drug-likeness (QED) is 0.757. The maximum absolute atomic E-state index is 12.4. The van der Waals surface area contributed by atoms with Crippen LogP contribution in [0.2, 0.25) is 0 Å². The molecule has 0 aromatic heterocycles. The number of hydrogen-bond donors (Lipinski definition) is 1. The lowest BCUT2D eigenvalue weighted by molar-refractivity contribution is -0.119. The first-order valence-electron chi connectivity index (χ1n) is 9.30. The van der Waals surface area contributed by atoms with Crippen molar-refractivity contribution in [2.24, 2.45) is 0 Å². The van der Waals surface area contributed by atoms with Crippen LogP contribution in [-0.4, -0.2) is 39.7 Å². The van der Waals surface area contributed by atoms with Crippen LogP contribution in [0, 0.1) is 13.8 Å². The van der Waals surface area contributed by atoms with Crippen molar-refractivity contribution >= 4 is 33.3 Å². The minimum atomic E-state index is -3.37. The van der Waals surface area contributed by atoms with Gasteiger partial charge in [0, 0.05) is 12.2 Å². The van der Waals surface area contributed by atoms with Gasteiger partial charge in [0.25, 0.3) is 5.91 Å². The first-order chi connectivity index (χ1) is 13.6. The van der Waals surface area contributed by atoms with Gasteiger partial charge in [0.1, 0.15) is 0 Å². The predicted molar refractivity (Wildman–Crippen MR) is 112 cm³/mol. The minimum absolute atomic E-state index is 0.290. The summed E-state index contributed by atoms with van der Waals surface area (Å²) in [5, 5.41) is 2.74. The summed E-state index contributed by atoms with van der Waals surface area (Å²) in [6.45, 7) is 3.83. The second-order valence-electron chi connectivity index (χ2n) is 7.22. The van der Waals surface area contributed by atoms with E-state index in [0.717, 1.165) is 16.7 Å². The molecule has 29 heavy (non-hydrogen) atoms. The standard InChI is InChI=1S/C21H24N2O5S/c1-14-6-7-15(2)18(11-14)22-20(24)13-28-21(25)17-8-9-19-16(12-17)5-4-10-23(19)29(3,26)27/h6-9,11-12H,4-5,10,13H2,1-3H3,(H,22,24). The summed E-state index contributed by atoms with van der Waals surface area (Å²) < 4.78 is 30.3. The molecule has 7 nitrogen and oxygen atoms in total. The van der Waals surface area contributed by atoms with Crippen LogP contribution in [0.25, 0.3) is 0 Å². The largest absolute Gasteiger partial charge is 0.452 e. The molecule has 0 radical (unpaired) electrons. The van der Waals surface area contributed by atoms with Crippen molar-refractivity contribution in [3.05, 3.63) is 58.7 Å². The third-order valence-electron chi connectivity index (χ3n) is 4.79. The van der Waals surface area contributed by atoms with E-state index in [2.05, 4.69) is 5.32 Å². The summed E-state index contributed by atoms with van der Waals surface area (Å²) in [5.74, 6) is -1.05. The zero-order valence-corrected chi connectivity index (χ0v) is 17.5. The fourth-order valence-corrected chi connectivity index (χ4v) is 4.30. The highest BCUT2D eigenvalue weighted by Gasteiger charge is 2.25. The maximum atomic E-state index is 12.4. The average molecular weight is 416 g/mol. The summed E-state index contributed by atoms with van der Waals surface area (Å²) in [6.07, 6.45) is 2.52. The van der Waals surface area contributed by atoms with E-state index >= 15 is 0 Å². The number of anilines is 2. The Hall–Kier alpha value is -2.87. The van der Waals surface area contributed by atoms with Gasteiger partial charge in [-0.3, -0.25) is 9.10 Å². The fraction of sp³-hybridized carbons (Fsp3) is 0.333. The molecule has 0 atom stereocenters. The molecule has 1 amide bonds. The molecule has 2 aromatic carbocycles. The Kier molecular flexibility index (Phi) is 5.93. The molecule has 0 unspecified atom stereocenters. The third kappa shape index (κ3) is 4.95. The Morgan fingerprint density at radius 2 is 1.90 bits per heavy atom. The molecule has 154 valence electrons. The van der Waals surface area contributed by atoms with E-state index in [4.69, 9.17) is 4.74 Å². The van der Waals surface area contributed by atoms with E-state index in [1.807, 2.05) is 32.0 Å². The zero-order valence-electron chi connectivity index (χ0n) is 16.7. The van der Waals surface area contributed by atoms with Crippen LogP contribution in [0.15, 0.2) is 36.4 Å². The molecule has 0 saturated heterocycles. The third-order valence-corrected chi connectivity index (χ3v) is 5.97. The van der Waals surface area contributed by atoms with Crippen molar-refractivity contribution in [1.29, 1.82) is 0 Å². The van der Waals surface area contributed by atoms with Crippen molar-refractivity contribution in [3.63, 3.8) is 0 Å². The lowest BCUT2D eigenvalue weighted by Crippen LogP contribution is -2.34. The molecule has 0 saturated carbocycles. The van der Waals surface area contributed by atoms with Gasteiger partial charge in [-0.2, -0.15) is 0 Å². The van der Waals surface area contributed by atoms with Crippen molar-refractivity contribution in [2.75, 3.05) is 29.0 Å². The number of rotatable bonds is 5. The number of amides is 1. The monoisotopic (exact) mass is 416 g/mol. The molecule has 0 fully saturated rings. The predicted octanol–water partition coefficient (Wildman–Crippen LogP) is 2.81. The number of ether oxygens (including phenoxy) is 1. The van der Waals surface area contributed by atoms with Gasteiger partial charge in [-0.15, -0.1) is 0 Å². The van der Waals surface area contributed by atoms with E-state index in [1.54, 1.807) is 12.1 Å². The van der Waals surface area contributed by atoms with Gasteiger partial charge in [0.2, 0.25) is 10.0 Å². The van der Waals surface area contributed by atoms with E-state index in [1.165, 1.54) is 16.6 Å². The van der Waals surface area contributed by atoms with Crippen molar-refractivity contribution in [2.45, 2.75) is 26.7 Å². The first kappa shape index (κ1) is 20.9. The smallest absolute Gasteiger partial charge is 0.338 e. The van der Waals surface area contributed by atoms with Gasteiger partial charge in [0.15, 0.2) is 6.61 Å². The van der Waals surface area contributed by atoms with E-state index in [-0.39, 0.29) is 0 Å². The van der Waals surface area contributed by atoms with Crippen molar-refractivity contribution in [1.82, 2.24) is 0 Å². The van der Waals surface area contributed by atoms with Crippen LogP contribution in [-0.2, 0) is 26.0 Å². The van der Waals surface area contributed by atoms with Crippen LogP contribution in [0.4, 0.5) is 11.4 Å². The maximum Gasteiger partial charge on any atom is 0.338 e. The molecular formula is C21H24N2O5S. The topological polar surface area (TPSA) is 92.8 Å². The summed E-state index contributed by atoms with van der Waals surface area (Å²) in [5.41, 5.74) is 4.26. The van der Waals surface area contributed by atoms with E-state index < -0.39 is 28.5 Å². The summed E-state index contributed by atoms with van der Waals surface area (Å²) >= 11 is 0. The van der Waals surface area contributed by atoms with Gasteiger partial charge in [-0.05, 0) is 67.6 Å². The summed E-state index contributed by atoms with van der Waals surface area (Å²) in [4.78, 5) is 24.5. The van der Waals surface area contributed by atoms with Crippen LogP contribution in [0.3, 0.4) is 0 Å². The van der Waals surface area contributed by atoms with Gasteiger partial charge in [0.05, 0.1) is 17.5 Å². The molecular weight excluding hydrogens is 392 g/mol. The molecule has 1 aliphatic rings. The number of sulfonamides is 1. The number of nitrogens with zero attached hydrogens (tertiary/aromatic N) is 1. The molecule has 8 heteroatoms. The average Bonchev–Trinajstić information content (AvgIpc) is 2.67. The van der Waals surface area contributed by atoms with Gasteiger partial charge >= 0.3 is 5.97 Å². The summed E-state index contributed by atoms with van der Waals surface area (Å²) in [6, 6.07) is 10.5. The Balaban J connectivity index is 1.65. The Morgan fingerprint density at radius 3 is 2.62 bits per heavy atom. The Labute approximate surface area is 170 Å². The number of fused-ring (bicyclic) bond motifs is 1. The molecule has 1 heterocycles. The zero-order chi connectivity index (χ0) is 21.2. The lowest BCUT2D eigenvalue weighted by atomic mass is 10.0. The molecule has 1 N–H and O–H groups in total.